The Kier molecular flexibility index (Phi) is 7.70. The standard InChI is InChI=1S/C32H44O11/c1-17-25(36)26(37)27(38)28(41-17)42-20-6-11-30(16-33)22-7-10-29(3)21(19-4-5-24(35)40-15-19)9-13-32(29,39)23(22)8-12-31(30,14-20)43-18(2)34/h4-5,15-17,20-23,25-28,36-39H,6-14H2,1-3H3. The Bertz CT molecular complexity index is 1280. The molecule has 0 bridgehead atoms. The monoisotopic (exact) mass is 604 g/mol. The van der Waals surface area contributed by atoms with E-state index in [1.54, 1.807) is 13.0 Å². The van der Waals surface area contributed by atoms with E-state index in [0.29, 0.717) is 44.9 Å². The van der Waals surface area contributed by atoms with Crippen LogP contribution in [0, 0.1) is 22.7 Å². The van der Waals surface area contributed by atoms with Gasteiger partial charge in [0, 0.05) is 24.8 Å². The van der Waals surface area contributed by atoms with Gasteiger partial charge in [0.2, 0.25) is 0 Å². The lowest BCUT2D eigenvalue weighted by Gasteiger charge is -2.65. The second-order valence-electron chi connectivity index (χ2n) is 14.0. The van der Waals surface area contributed by atoms with Gasteiger partial charge in [0.25, 0.3) is 0 Å². The number of rotatable bonds is 5. The van der Waals surface area contributed by atoms with Gasteiger partial charge in [-0.25, -0.2) is 4.79 Å². The Labute approximate surface area is 250 Å². The molecular formula is C32H44O11. The van der Waals surface area contributed by atoms with E-state index >= 15 is 0 Å². The maximum Gasteiger partial charge on any atom is 0.335 e. The summed E-state index contributed by atoms with van der Waals surface area (Å²) in [4.78, 5) is 37.5. The molecule has 6 rings (SSSR count). The fraction of sp³-hybridized carbons (Fsp3) is 0.781. The molecule has 5 fully saturated rings. The fourth-order valence-electron chi connectivity index (χ4n) is 10.1. The Morgan fingerprint density at radius 2 is 1.74 bits per heavy atom. The predicted octanol–water partition coefficient (Wildman–Crippen LogP) is 1.96. The normalized spacial score (nSPS) is 49.3. The molecule has 13 atom stereocenters. The van der Waals surface area contributed by atoms with E-state index in [-0.39, 0.29) is 24.2 Å². The highest BCUT2D eigenvalue weighted by Gasteiger charge is 2.72. The zero-order valence-electron chi connectivity index (χ0n) is 25.0. The summed E-state index contributed by atoms with van der Waals surface area (Å²) in [7, 11) is 0. The lowest BCUT2D eigenvalue weighted by Crippen LogP contribution is -2.70. The quantitative estimate of drug-likeness (QED) is 0.220. The molecule has 0 amide bonds. The van der Waals surface area contributed by atoms with Crippen LogP contribution in [-0.2, 0) is 23.8 Å². The van der Waals surface area contributed by atoms with Crippen LogP contribution in [0.2, 0.25) is 0 Å². The summed E-state index contributed by atoms with van der Waals surface area (Å²) in [5.74, 6) is -0.924. The smallest absolute Gasteiger partial charge is 0.335 e. The highest BCUT2D eigenvalue weighted by Crippen LogP contribution is 2.71. The molecule has 5 aliphatic rings. The van der Waals surface area contributed by atoms with E-state index in [1.807, 2.05) is 0 Å². The summed E-state index contributed by atoms with van der Waals surface area (Å²) in [5.41, 5.74) is -3.28. The molecule has 43 heavy (non-hydrogen) atoms. The Balaban J connectivity index is 1.29. The number of aliphatic hydroxyl groups excluding tert-OH is 3. The summed E-state index contributed by atoms with van der Waals surface area (Å²) in [6.45, 7) is 5.03. The van der Waals surface area contributed by atoms with Crippen molar-refractivity contribution in [1.82, 2.24) is 0 Å². The third-order valence-corrected chi connectivity index (χ3v) is 12.3. The molecule has 4 aliphatic carbocycles. The molecule has 238 valence electrons. The van der Waals surface area contributed by atoms with Crippen molar-refractivity contribution in [3.8, 4) is 0 Å². The van der Waals surface area contributed by atoms with Crippen molar-refractivity contribution in [3.63, 3.8) is 0 Å². The maximum atomic E-state index is 13.3. The summed E-state index contributed by atoms with van der Waals surface area (Å²) in [5, 5.41) is 43.5. The first-order valence-corrected chi connectivity index (χ1v) is 15.6. The summed E-state index contributed by atoms with van der Waals surface area (Å²) < 4.78 is 23.2. The molecule has 1 aromatic rings. The Morgan fingerprint density at radius 1 is 1.00 bits per heavy atom. The SMILES string of the molecule is CC(=O)OC12CCC3C(CCC4(C)C(c5ccc(=O)oc5)CCC34O)C1(C=O)CCC(OC1OC(C)C(O)C(O)C1O)C2. The maximum absolute atomic E-state index is 13.3. The van der Waals surface area contributed by atoms with Crippen LogP contribution in [0.25, 0.3) is 0 Å². The topological polar surface area (TPSA) is 173 Å². The van der Waals surface area contributed by atoms with Crippen LogP contribution in [0.3, 0.4) is 0 Å². The predicted molar refractivity (Wildman–Crippen MR) is 150 cm³/mol. The lowest BCUT2D eigenvalue weighted by atomic mass is 9.41. The minimum absolute atomic E-state index is 0.00236. The number of fused-ring (bicyclic) bond motifs is 5. The van der Waals surface area contributed by atoms with Crippen LogP contribution in [0.1, 0.15) is 90.0 Å². The molecule has 0 aromatic carbocycles. The van der Waals surface area contributed by atoms with Gasteiger partial charge in [-0.05, 0) is 87.7 Å². The number of aliphatic hydroxyl groups is 4. The lowest BCUT2D eigenvalue weighted by molar-refractivity contribution is -0.317. The Morgan fingerprint density at radius 3 is 2.42 bits per heavy atom. The number of esters is 1. The number of hydrogen-bond donors (Lipinski definition) is 4. The van der Waals surface area contributed by atoms with Crippen LogP contribution >= 0.6 is 0 Å². The van der Waals surface area contributed by atoms with Crippen LogP contribution in [0.5, 0.6) is 0 Å². The average molecular weight is 605 g/mol. The second-order valence-corrected chi connectivity index (χ2v) is 14.0. The van der Waals surface area contributed by atoms with Gasteiger partial charge in [-0.3, -0.25) is 4.79 Å². The number of carbonyl (C=O) groups is 2. The van der Waals surface area contributed by atoms with Crippen molar-refractivity contribution in [1.29, 1.82) is 0 Å². The molecule has 4 saturated carbocycles. The number of hydrogen-bond acceptors (Lipinski definition) is 11. The molecule has 1 aromatic heterocycles. The van der Waals surface area contributed by atoms with E-state index < -0.39 is 70.4 Å². The van der Waals surface area contributed by atoms with Crippen LogP contribution in [-0.4, -0.2) is 80.7 Å². The first-order chi connectivity index (χ1) is 20.3. The first-order valence-electron chi connectivity index (χ1n) is 15.6. The first kappa shape index (κ1) is 30.9. The number of carbonyl (C=O) groups excluding carboxylic acids is 2. The van der Waals surface area contributed by atoms with E-state index in [0.717, 1.165) is 18.3 Å². The molecule has 11 nitrogen and oxygen atoms in total. The number of aldehydes is 1. The van der Waals surface area contributed by atoms with E-state index in [9.17, 15) is 34.8 Å². The molecule has 1 aliphatic heterocycles. The van der Waals surface area contributed by atoms with Crippen molar-refractivity contribution in [2.24, 2.45) is 22.7 Å². The van der Waals surface area contributed by atoms with E-state index in [1.165, 1.54) is 19.3 Å². The van der Waals surface area contributed by atoms with Crippen molar-refractivity contribution in [3.05, 3.63) is 34.4 Å². The van der Waals surface area contributed by atoms with Crippen molar-refractivity contribution in [2.45, 2.75) is 132 Å². The third-order valence-electron chi connectivity index (χ3n) is 12.3. The van der Waals surface area contributed by atoms with Gasteiger partial charge in [0.1, 0.15) is 30.2 Å². The van der Waals surface area contributed by atoms with Gasteiger partial charge in [0.05, 0.1) is 29.5 Å². The fourth-order valence-corrected chi connectivity index (χ4v) is 10.1. The average Bonchev–Trinajstić information content (AvgIpc) is 3.25. The molecule has 13 unspecified atom stereocenters. The van der Waals surface area contributed by atoms with Gasteiger partial charge in [0.15, 0.2) is 6.29 Å². The Hall–Kier alpha value is -2.15. The molecule has 11 heteroatoms. The molecule has 0 radical (unpaired) electrons. The molecule has 0 spiro atoms. The van der Waals surface area contributed by atoms with Crippen LogP contribution in [0.4, 0.5) is 0 Å². The molecule has 1 saturated heterocycles. The molecule has 2 heterocycles. The largest absolute Gasteiger partial charge is 0.458 e. The minimum atomic E-state index is -1.47. The zero-order chi connectivity index (χ0) is 30.9. The van der Waals surface area contributed by atoms with E-state index in [2.05, 4.69) is 6.92 Å². The summed E-state index contributed by atoms with van der Waals surface area (Å²) in [6.07, 6.45) is 0.290. The summed E-state index contributed by atoms with van der Waals surface area (Å²) >= 11 is 0. The highest BCUT2D eigenvalue weighted by atomic mass is 16.7. The highest BCUT2D eigenvalue weighted by molar-refractivity contribution is 5.70. The van der Waals surface area contributed by atoms with Crippen molar-refractivity contribution >= 4 is 12.3 Å². The van der Waals surface area contributed by atoms with Crippen molar-refractivity contribution in [2.75, 3.05) is 0 Å². The van der Waals surface area contributed by atoms with Gasteiger partial charge in [-0.1, -0.05) is 6.92 Å². The van der Waals surface area contributed by atoms with Gasteiger partial charge in [-0.15, -0.1) is 0 Å². The number of ether oxygens (including phenoxy) is 3. The molecule has 4 N–H and O–H groups in total. The van der Waals surface area contributed by atoms with Gasteiger partial charge in [-0.2, -0.15) is 0 Å². The summed E-state index contributed by atoms with van der Waals surface area (Å²) in [6, 6.07) is 3.20. The zero-order valence-corrected chi connectivity index (χ0v) is 25.0. The van der Waals surface area contributed by atoms with Gasteiger partial charge < -0.3 is 43.8 Å². The van der Waals surface area contributed by atoms with Gasteiger partial charge >= 0.3 is 11.6 Å². The van der Waals surface area contributed by atoms with E-state index in [4.69, 9.17) is 18.6 Å². The third kappa shape index (κ3) is 4.48. The van der Waals surface area contributed by atoms with Crippen LogP contribution < -0.4 is 5.63 Å². The van der Waals surface area contributed by atoms with Crippen molar-refractivity contribution < 1.29 is 48.6 Å². The molecular weight excluding hydrogens is 560 g/mol. The minimum Gasteiger partial charge on any atom is -0.458 e. The van der Waals surface area contributed by atoms with Crippen LogP contribution in [0.15, 0.2) is 27.6 Å². The second kappa shape index (κ2) is 10.7.